The first-order valence-electron chi connectivity index (χ1n) is 4.90. The average molecular weight is 282 g/mol. The summed E-state index contributed by atoms with van der Waals surface area (Å²) in [5.74, 6) is 0.877. The van der Waals surface area contributed by atoms with Gasteiger partial charge in [0.1, 0.15) is 0 Å². The third-order valence-corrected chi connectivity index (χ3v) is 2.66. The van der Waals surface area contributed by atoms with Gasteiger partial charge in [-0.2, -0.15) is 4.68 Å². The third-order valence-electron chi connectivity index (χ3n) is 2.22. The fraction of sp³-hybridized carbons (Fsp3) is 0. The maximum absolute atomic E-state index is 5.94. The van der Waals surface area contributed by atoms with E-state index in [-0.39, 0.29) is 0 Å². The molecule has 3 rings (SSSR count). The first-order chi connectivity index (χ1) is 8.74. The van der Waals surface area contributed by atoms with Gasteiger partial charge in [0.25, 0.3) is 0 Å². The zero-order chi connectivity index (χ0) is 12.5. The maximum Gasteiger partial charge on any atom is 0.225 e. The number of tetrazole rings is 1. The molecule has 2 heterocycles. The van der Waals surface area contributed by atoms with Crippen molar-refractivity contribution < 1.29 is 4.52 Å². The van der Waals surface area contributed by atoms with Crippen LogP contribution in [0, 0.1) is 0 Å². The molecule has 1 aromatic carbocycles. The molecule has 0 aliphatic rings. The van der Waals surface area contributed by atoms with Gasteiger partial charge in [-0.05, 0) is 28.6 Å². The van der Waals surface area contributed by atoms with Gasteiger partial charge in [-0.25, -0.2) is 0 Å². The number of hydrogen-bond donors (Lipinski definition) is 0. The molecule has 0 amide bonds. The summed E-state index contributed by atoms with van der Waals surface area (Å²) in [6, 6.07) is 6.69. The molecule has 3 aromatic rings. The Morgan fingerprint density at radius 3 is 2.56 bits per heavy atom. The van der Waals surface area contributed by atoms with Crippen molar-refractivity contribution in [2.24, 2.45) is 0 Å². The normalized spacial score (nSPS) is 10.8. The van der Waals surface area contributed by atoms with Crippen molar-refractivity contribution in [3.8, 4) is 17.3 Å². The molecule has 0 aliphatic heterocycles. The van der Waals surface area contributed by atoms with Gasteiger partial charge in [-0.15, -0.1) is 5.10 Å². The highest BCUT2D eigenvalue weighted by Crippen LogP contribution is 2.24. The monoisotopic (exact) mass is 281 g/mol. The van der Waals surface area contributed by atoms with Gasteiger partial charge in [-0.3, -0.25) is 0 Å². The molecule has 0 bridgehead atoms. The lowest BCUT2D eigenvalue weighted by Crippen LogP contribution is -1.99. The average Bonchev–Trinajstić information content (AvgIpc) is 2.98. The highest BCUT2D eigenvalue weighted by Gasteiger charge is 2.14. The van der Waals surface area contributed by atoms with Gasteiger partial charge in [0, 0.05) is 16.1 Å². The van der Waals surface area contributed by atoms with E-state index in [1.165, 1.54) is 10.9 Å². The second-order valence-electron chi connectivity index (χ2n) is 3.42. The van der Waals surface area contributed by atoms with E-state index in [0.29, 0.717) is 27.3 Å². The Morgan fingerprint density at radius 2 is 1.89 bits per heavy atom. The van der Waals surface area contributed by atoms with Gasteiger partial charge < -0.3 is 4.52 Å². The molecular weight excluding hydrogens is 277 g/mol. The molecule has 0 spiro atoms. The number of hydrogen-bond acceptors (Lipinski definition) is 5. The molecule has 18 heavy (non-hydrogen) atoms. The van der Waals surface area contributed by atoms with E-state index in [1.54, 1.807) is 24.3 Å². The van der Waals surface area contributed by atoms with Crippen molar-refractivity contribution >= 4 is 23.2 Å². The zero-order valence-electron chi connectivity index (χ0n) is 8.79. The van der Waals surface area contributed by atoms with Gasteiger partial charge in [-0.1, -0.05) is 28.4 Å². The van der Waals surface area contributed by atoms with E-state index in [2.05, 4.69) is 20.7 Å². The van der Waals surface area contributed by atoms with Crippen LogP contribution in [0.15, 0.2) is 35.0 Å². The first-order valence-corrected chi connectivity index (χ1v) is 5.65. The lowest BCUT2D eigenvalue weighted by Gasteiger charge is -2.03. The Kier molecular flexibility index (Phi) is 2.73. The van der Waals surface area contributed by atoms with Crippen LogP contribution in [0.4, 0.5) is 0 Å². The number of benzene rings is 1. The van der Waals surface area contributed by atoms with E-state index in [0.717, 1.165) is 0 Å². The van der Waals surface area contributed by atoms with Crippen LogP contribution in [-0.4, -0.2) is 25.4 Å². The van der Waals surface area contributed by atoms with Gasteiger partial charge in [0.15, 0.2) is 0 Å². The fourth-order valence-corrected chi connectivity index (χ4v) is 2.02. The summed E-state index contributed by atoms with van der Waals surface area (Å²) >= 11 is 11.9. The molecule has 0 N–H and O–H groups in total. The smallest absolute Gasteiger partial charge is 0.225 e. The van der Waals surface area contributed by atoms with Gasteiger partial charge >= 0.3 is 0 Å². The Hall–Kier alpha value is -1.92. The number of nitrogens with zero attached hydrogens (tertiary/aromatic N) is 5. The number of halogens is 2. The van der Waals surface area contributed by atoms with Crippen LogP contribution < -0.4 is 0 Å². The lowest BCUT2D eigenvalue weighted by molar-refractivity contribution is 0.428. The van der Waals surface area contributed by atoms with Crippen molar-refractivity contribution in [3.05, 3.63) is 40.5 Å². The molecule has 0 saturated carbocycles. The van der Waals surface area contributed by atoms with Crippen LogP contribution in [0.3, 0.4) is 0 Å². The second kappa shape index (κ2) is 4.40. The Labute approximate surface area is 111 Å². The van der Waals surface area contributed by atoms with Crippen LogP contribution in [0.25, 0.3) is 17.3 Å². The van der Waals surface area contributed by atoms with Gasteiger partial charge in [0.05, 0.1) is 11.9 Å². The standard InChI is InChI=1S/C10H5Cl2N5O/c11-6-3-7(12)5-8(4-6)17-10(14-15-16-17)9-1-2-13-18-9/h1-5H. The SMILES string of the molecule is Clc1cc(Cl)cc(-n2nnnc2-c2ccno2)c1. The summed E-state index contributed by atoms with van der Waals surface area (Å²) in [5.41, 5.74) is 0.643. The zero-order valence-corrected chi connectivity index (χ0v) is 10.3. The Bertz CT molecular complexity index is 659. The van der Waals surface area contributed by atoms with E-state index < -0.39 is 0 Å². The minimum atomic E-state index is 0.422. The van der Waals surface area contributed by atoms with Crippen molar-refractivity contribution in [3.63, 3.8) is 0 Å². The van der Waals surface area contributed by atoms with Crippen LogP contribution >= 0.6 is 23.2 Å². The maximum atomic E-state index is 5.94. The minimum absolute atomic E-state index is 0.422. The number of aromatic nitrogens is 5. The van der Waals surface area contributed by atoms with E-state index in [1.807, 2.05) is 0 Å². The van der Waals surface area contributed by atoms with Crippen LogP contribution in [0.2, 0.25) is 10.0 Å². The molecule has 0 atom stereocenters. The molecule has 0 fully saturated rings. The topological polar surface area (TPSA) is 69.6 Å². The Balaban J connectivity index is 2.15. The molecule has 0 radical (unpaired) electrons. The van der Waals surface area contributed by atoms with Crippen molar-refractivity contribution in [2.75, 3.05) is 0 Å². The summed E-state index contributed by atoms with van der Waals surface area (Å²) in [7, 11) is 0. The summed E-state index contributed by atoms with van der Waals surface area (Å²) in [5, 5.41) is 16.0. The molecular formula is C10H5Cl2N5O. The highest BCUT2D eigenvalue weighted by molar-refractivity contribution is 6.34. The van der Waals surface area contributed by atoms with E-state index in [9.17, 15) is 0 Å². The lowest BCUT2D eigenvalue weighted by atomic mass is 10.3. The summed E-state index contributed by atoms with van der Waals surface area (Å²) in [6.07, 6.45) is 1.51. The highest BCUT2D eigenvalue weighted by atomic mass is 35.5. The molecule has 6 nitrogen and oxygen atoms in total. The summed E-state index contributed by atoms with van der Waals surface area (Å²) in [6.45, 7) is 0. The molecule has 0 aliphatic carbocycles. The largest absolute Gasteiger partial charge is 0.353 e. The third kappa shape index (κ3) is 1.96. The molecule has 90 valence electrons. The quantitative estimate of drug-likeness (QED) is 0.722. The minimum Gasteiger partial charge on any atom is -0.353 e. The van der Waals surface area contributed by atoms with Crippen molar-refractivity contribution in [2.45, 2.75) is 0 Å². The molecule has 0 saturated heterocycles. The predicted molar refractivity (Wildman–Crippen MR) is 64.7 cm³/mol. The van der Waals surface area contributed by atoms with Gasteiger partial charge in [0.2, 0.25) is 11.6 Å². The first kappa shape index (κ1) is 11.2. The van der Waals surface area contributed by atoms with E-state index >= 15 is 0 Å². The molecule has 2 aromatic heterocycles. The van der Waals surface area contributed by atoms with Crippen LogP contribution in [0.1, 0.15) is 0 Å². The summed E-state index contributed by atoms with van der Waals surface area (Å²) < 4.78 is 6.49. The Morgan fingerprint density at radius 1 is 1.11 bits per heavy atom. The van der Waals surface area contributed by atoms with Crippen molar-refractivity contribution in [1.29, 1.82) is 0 Å². The van der Waals surface area contributed by atoms with Crippen molar-refractivity contribution in [1.82, 2.24) is 25.4 Å². The van der Waals surface area contributed by atoms with E-state index in [4.69, 9.17) is 27.7 Å². The fourth-order valence-electron chi connectivity index (χ4n) is 1.51. The predicted octanol–water partition coefficient (Wildman–Crippen LogP) is 2.62. The van der Waals surface area contributed by atoms with Crippen LogP contribution in [0.5, 0.6) is 0 Å². The second-order valence-corrected chi connectivity index (χ2v) is 4.29. The number of rotatable bonds is 2. The summed E-state index contributed by atoms with van der Waals surface area (Å²) in [4.78, 5) is 0. The molecule has 0 unspecified atom stereocenters. The van der Waals surface area contributed by atoms with Crippen LogP contribution in [-0.2, 0) is 0 Å². The molecule has 8 heteroatoms.